The van der Waals surface area contributed by atoms with Gasteiger partial charge in [0.25, 0.3) is 11.7 Å². The monoisotopic (exact) mass is 542 g/mol. The highest BCUT2D eigenvalue weighted by Crippen LogP contribution is 2.40. The standard InChI is InChI=1S/C33H38N2O5/c1-4-5-9-22-39-27-16-12-25(13-17-27)30-29(32(37)33(38)35(30)21-20-34(2)3)31(36)26-14-18-28(19-15-26)40-23-24-10-7-6-8-11-24/h6-8,10-19,30,36H,4-5,9,20-23H2,1-3H3. The van der Waals surface area contributed by atoms with Crippen LogP contribution in [0.25, 0.3) is 5.76 Å². The molecule has 0 saturated carbocycles. The highest BCUT2D eigenvalue weighted by molar-refractivity contribution is 6.46. The molecular weight excluding hydrogens is 504 g/mol. The quantitative estimate of drug-likeness (QED) is 0.127. The van der Waals surface area contributed by atoms with Crippen LogP contribution >= 0.6 is 0 Å². The highest BCUT2D eigenvalue weighted by atomic mass is 16.5. The maximum atomic E-state index is 13.3. The average molecular weight is 543 g/mol. The SMILES string of the molecule is CCCCCOc1ccc(C2C(=C(O)c3ccc(OCc4ccccc4)cc3)C(=O)C(=O)N2CCN(C)C)cc1. The molecule has 3 aromatic rings. The summed E-state index contributed by atoms with van der Waals surface area (Å²) in [5.74, 6) is -0.138. The van der Waals surface area contributed by atoms with Crippen LogP contribution in [0.3, 0.4) is 0 Å². The molecule has 7 heteroatoms. The van der Waals surface area contributed by atoms with Gasteiger partial charge in [0, 0.05) is 18.7 Å². The molecule has 1 fully saturated rings. The Hall–Kier alpha value is -4.10. The number of ether oxygens (including phenoxy) is 2. The Morgan fingerprint density at radius 3 is 2.17 bits per heavy atom. The minimum Gasteiger partial charge on any atom is -0.507 e. The summed E-state index contributed by atoms with van der Waals surface area (Å²) in [6, 6.07) is 23.5. The molecule has 0 radical (unpaired) electrons. The average Bonchev–Trinajstić information content (AvgIpc) is 3.23. The summed E-state index contributed by atoms with van der Waals surface area (Å²) in [4.78, 5) is 29.9. The summed E-state index contributed by atoms with van der Waals surface area (Å²) >= 11 is 0. The first-order valence-electron chi connectivity index (χ1n) is 13.8. The molecule has 0 aromatic heterocycles. The molecule has 210 valence electrons. The van der Waals surface area contributed by atoms with Gasteiger partial charge in [0.1, 0.15) is 23.9 Å². The maximum Gasteiger partial charge on any atom is 0.295 e. The summed E-state index contributed by atoms with van der Waals surface area (Å²) < 4.78 is 11.7. The Bertz CT molecular complexity index is 1300. The first-order chi connectivity index (χ1) is 19.4. The zero-order chi connectivity index (χ0) is 28.5. The molecule has 0 bridgehead atoms. The summed E-state index contributed by atoms with van der Waals surface area (Å²) in [6.07, 6.45) is 3.22. The molecule has 1 saturated heterocycles. The fraction of sp³-hybridized carbons (Fsp3) is 0.333. The van der Waals surface area contributed by atoms with Crippen LogP contribution in [0.5, 0.6) is 11.5 Å². The largest absolute Gasteiger partial charge is 0.507 e. The number of likely N-dealkylation sites (tertiary alicyclic amines) is 1. The molecule has 1 N–H and O–H groups in total. The Balaban J connectivity index is 1.60. The Kier molecular flexibility index (Phi) is 9.97. The van der Waals surface area contributed by atoms with Gasteiger partial charge >= 0.3 is 0 Å². The number of rotatable bonds is 13. The predicted molar refractivity (Wildman–Crippen MR) is 156 cm³/mol. The van der Waals surface area contributed by atoms with E-state index in [1.54, 1.807) is 29.2 Å². The third kappa shape index (κ3) is 7.10. The summed E-state index contributed by atoms with van der Waals surface area (Å²) in [6.45, 7) is 4.13. The van der Waals surface area contributed by atoms with E-state index in [0.29, 0.717) is 37.6 Å². The van der Waals surface area contributed by atoms with Gasteiger partial charge in [0.2, 0.25) is 0 Å². The third-order valence-electron chi connectivity index (χ3n) is 6.92. The van der Waals surface area contributed by atoms with Gasteiger partial charge in [-0.05, 0) is 68.0 Å². The van der Waals surface area contributed by atoms with Crippen LogP contribution in [0.1, 0.15) is 48.9 Å². The Labute approximate surface area is 236 Å². The number of aliphatic hydroxyl groups is 1. The normalized spacial score (nSPS) is 16.5. The Morgan fingerprint density at radius 1 is 0.875 bits per heavy atom. The van der Waals surface area contributed by atoms with E-state index in [1.165, 1.54) is 0 Å². The van der Waals surface area contributed by atoms with E-state index < -0.39 is 17.7 Å². The maximum absolute atomic E-state index is 13.3. The molecule has 7 nitrogen and oxygen atoms in total. The van der Waals surface area contributed by atoms with Crippen LogP contribution in [-0.4, -0.2) is 60.4 Å². The number of likely N-dealkylation sites (N-methyl/N-ethyl adjacent to an activating group) is 1. The molecule has 1 atom stereocenters. The predicted octanol–water partition coefficient (Wildman–Crippen LogP) is 5.82. The number of Topliss-reactive ketones (excluding diaryl/α,β-unsaturated/α-hetero) is 1. The van der Waals surface area contributed by atoms with Crippen LogP contribution in [0.4, 0.5) is 0 Å². The lowest BCUT2D eigenvalue weighted by molar-refractivity contribution is -0.140. The van der Waals surface area contributed by atoms with Gasteiger partial charge in [0.15, 0.2) is 0 Å². The van der Waals surface area contributed by atoms with Crippen molar-refractivity contribution in [3.63, 3.8) is 0 Å². The minimum atomic E-state index is -0.705. The van der Waals surface area contributed by atoms with Crippen molar-refractivity contribution in [2.75, 3.05) is 33.8 Å². The summed E-state index contributed by atoms with van der Waals surface area (Å²) in [5, 5.41) is 11.4. The molecule has 4 rings (SSSR count). The Morgan fingerprint density at radius 2 is 1.52 bits per heavy atom. The van der Waals surface area contributed by atoms with Crippen LogP contribution < -0.4 is 9.47 Å². The lowest BCUT2D eigenvalue weighted by Gasteiger charge is -2.26. The number of unbranched alkanes of at least 4 members (excludes halogenated alkanes) is 2. The van der Waals surface area contributed by atoms with Gasteiger partial charge in [0.05, 0.1) is 18.2 Å². The first-order valence-corrected chi connectivity index (χ1v) is 13.8. The van der Waals surface area contributed by atoms with Crippen molar-refractivity contribution in [3.8, 4) is 11.5 Å². The molecule has 1 heterocycles. The van der Waals surface area contributed by atoms with Crippen LogP contribution in [0, 0.1) is 0 Å². The van der Waals surface area contributed by atoms with Crippen LogP contribution in [0.2, 0.25) is 0 Å². The zero-order valence-corrected chi connectivity index (χ0v) is 23.5. The fourth-order valence-electron chi connectivity index (χ4n) is 4.66. The van der Waals surface area contributed by atoms with E-state index in [9.17, 15) is 14.7 Å². The molecular formula is C33H38N2O5. The van der Waals surface area contributed by atoms with Gasteiger partial charge in [-0.2, -0.15) is 0 Å². The molecule has 1 unspecified atom stereocenters. The van der Waals surface area contributed by atoms with E-state index in [1.807, 2.05) is 73.6 Å². The van der Waals surface area contributed by atoms with E-state index in [0.717, 1.165) is 36.1 Å². The first kappa shape index (κ1) is 28.9. The number of nitrogens with zero attached hydrogens (tertiary/aromatic N) is 2. The second-order valence-electron chi connectivity index (χ2n) is 10.2. The molecule has 40 heavy (non-hydrogen) atoms. The molecule has 3 aromatic carbocycles. The number of carbonyl (C=O) groups excluding carboxylic acids is 2. The number of amides is 1. The van der Waals surface area contributed by atoms with E-state index >= 15 is 0 Å². The third-order valence-corrected chi connectivity index (χ3v) is 6.92. The highest BCUT2D eigenvalue weighted by Gasteiger charge is 2.45. The fourth-order valence-corrected chi connectivity index (χ4v) is 4.66. The lowest BCUT2D eigenvalue weighted by atomic mass is 9.95. The molecule has 1 aliphatic rings. The number of ketones is 1. The van der Waals surface area contributed by atoms with Crippen molar-refractivity contribution in [2.45, 2.75) is 38.8 Å². The van der Waals surface area contributed by atoms with Gasteiger partial charge in [-0.15, -0.1) is 0 Å². The summed E-state index contributed by atoms with van der Waals surface area (Å²) in [7, 11) is 3.83. The van der Waals surface area contributed by atoms with Crippen molar-refractivity contribution in [1.82, 2.24) is 9.80 Å². The van der Waals surface area contributed by atoms with Crippen molar-refractivity contribution in [3.05, 3.63) is 101 Å². The van der Waals surface area contributed by atoms with Crippen molar-refractivity contribution < 1.29 is 24.2 Å². The smallest absolute Gasteiger partial charge is 0.295 e. The zero-order valence-electron chi connectivity index (χ0n) is 23.5. The minimum absolute atomic E-state index is 0.0818. The van der Waals surface area contributed by atoms with Gasteiger partial charge in [-0.3, -0.25) is 9.59 Å². The van der Waals surface area contributed by atoms with Crippen LogP contribution in [-0.2, 0) is 16.2 Å². The van der Waals surface area contributed by atoms with Gasteiger partial charge in [-0.25, -0.2) is 0 Å². The van der Waals surface area contributed by atoms with E-state index in [2.05, 4.69) is 6.92 Å². The number of carbonyl (C=O) groups is 2. The number of hydrogen-bond donors (Lipinski definition) is 1. The van der Waals surface area contributed by atoms with Crippen molar-refractivity contribution in [1.29, 1.82) is 0 Å². The van der Waals surface area contributed by atoms with Crippen molar-refractivity contribution in [2.24, 2.45) is 0 Å². The van der Waals surface area contributed by atoms with Gasteiger partial charge < -0.3 is 24.4 Å². The number of hydrogen-bond acceptors (Lipinski definition) is 6. The van der Waals surface area contributed by atoms with Crippen LogP contribution in [0.15, 0.2) is 84.4 Å². The molecule has 1 amide bonds. The molecule has 0 spiro atoms. The number of aliphatic hydroxyl groups excluding tert-OH is 1. The molecule has 1 aliphatic heterocycles. The lowest BCUT2D eigenvalue weighted by Crippen LogP contribution is -2.35. The van der Waals surface area contributed by atoms with Gasteiger partial charge in [-0.1, -0.05) is 62.2 Å². The number of benzene rings is 3. The van der Waals surface area contributed by atoms with E-state index in [4.69, 9.17) is 9.47 Å². The van der Waals surface area contributed by atoms with Crippen molar-refractivity contribution >= 4 is 17.4 Å². The van der Waals surface area contributed by atoms with E-state index in [-0.39, 0.29) is 11.3 Å². The second-order valence-corrected chi connectivity index (χ2v) is 10.2. The summed E-state index contributed by atoms with van der Waals surface area (Å²) in [5.41, 5.74) is 2.31. The second kappa shape index (κ2) is 13.8. The molecule has 0 aliphatic carbocycles. The topological polar surface area (TPSA) is 79.3 Å².